The number of hydrogen-bond donors (Lipinski definition) is 0. The molecule has 0 aliphatic carbocycles. The molecule has 3 rings (SSSR count). The first-order valence-electron chi connectivity index (χ1n) is 10.1. The minimum atomic E-state index is -0.520. The molecule has 1 aromatic heterocycles. The van der Waals surface area contributed by atoms with E-state index in [1.54, 1.807) is 12.4 Å². The topological polar surface area (TPSA) is 48.4 Å². The lowest BCUT2D eigenvalue weighted by atomic mass is 10.1. The van der Waals surface area contributed by atoms with E-state index >= 15 is 0 Å². The lowest BCUT2D eigenvalue weighted by molar-refractivity contribution is -0.153. The maximum absolute atomic E-state index is 12.2. The van der Waals surface area contributed by atoms with E-state index < -0.39 is 5.60 Å². The molecule has 3 aromatic rings. The van der Waals surface area contributed by atoms with Crippen LogP contribution < -0.4 is 4.74 Å². The minimum Gasteiger partial charge on any atom is -0.489 e. The fourth-order valence-electron chi connectivity index (χ4n) is 3.01. The molecule has 0 N–H and O–H groups in total. The van der Waals surface area contributed by atoms with Crippen molar-refractivity contribution in [3.63, 3.8) is 0 Å². The Morgan fingerprint density at radius 2 is 1.71 bits per heavy atom. The average molecular weight is 436 g/mol. The van der Waals surface area contributed by atoms with Crippen molar-refractivity contribution in [1.29, 1.82) is 0 Å². The molecular weight excluding hydrogens is 410 g/mol. The van der Waals surface area contributed by atoms with Crippen LogP contribution in [0.25, 0.3) is 12.2 Å². The molecule has 0 spiro atoms. The Morgan fingerprint density at radius 1 is 1.00 bits per heavy atom. The molecule has 0 aliphatic rings. The fraction of sp³-hybridized carbons (Fsp3) is 0.231. The van der Waals surface area contributed by atoms with Gasteiger partial charge in [0.1, 0.15) is 18.0 Å². The van der Waals surface area contributed by atoms with E-state index in [0.717, 1.165) is 22.3 Å². The number of aromatic nitrogens is 1. The summed E-state index contributed by atoms with van der Waals surface area (Å²) in [6.45, 7) is 5.90. The highest BCUT2D eigenvalue weighted by molar-refractivity contribution is 6.30. The van der Waals surface area contributed by atoms with Crippen molar-refractivity contribution < 1.29 is 14.3 Å². The third-order valence-corrected chi connectivity index (χ3v) is 4.49. The van der Waals surface area contributed by atoms with Gasteiger partial charge >= 0.3 is 5.97 Å². The average Bonchev–Trinajstić information content (AvgIpc) is 2.71. The smallest absolute Gasteiger partial charge is 0.310 e. The lowest BCUT2D eigenvalue weighted by Gasteiger charge is -2.20. The molecule has 5 heteroatoms. The molecule has 0 aliphatic heterocycles. The van der Waals surface area contributed by atoms with Gasteiger partial charge in [0.05, 0.1) is 6.42 Å². The summed E-state index contributed by atoms with van der Waals surface area (Å²) >= 11 is 6.31. The summed E-state index contributed by atoms with van der Waals surface area (Å²) in [6.07, 6.45) is 7.68. The summed E-state index contributed by atoms with van der Waals surface area (Å²) in [5.41, 5.74) is 3.24. The normalized spacial score (nSPS) is 11.5. The second-order valence-electron chi connectivity index (χ2n) is 8.17. The van der Waals surface area contributed by atoms with Crippen LogP contribution in [0.1, 0.15) is 43.0 Å². The maximum atomic E-state index is 12.2. The molecular formula is C26H26ClNO3. The number of halogens is 1. The van der Waals surface area contributed by atoms with Gasteiger partial charge in [0, 0.05) is 23.0 Å². The Kier molecular flexibility index (Phi) is 7.48. The number of ether oxygens (including phenoxy) is 2. The van der Waals surface area contributed by atoms with E-state index in [4.69, 9.17) is 21.1 Å². The highest BCUT2D eigenvalue weighted by Gasteiger charge is 2.18. The van der Waals surface area contributed by atoms with Gasteiger partial charge in [0.25, 0.3) is 0 Å². The Labute approximate surface area is 188 Å². The van der Waals surface area contributed by atoms with Gasteiger partial charge in [-0.05, 0) is 73.9 Å². The predicted octanol–water partition coefficient (Wildman–Crippen LogP) is 6.37. The highest BCUT2D eigenvalue weighted by atomic mass is 35.5. The number of carbonyl (C=O) groups is 1. The van der Waals surface area contributed by atoms with Gasteiger partial charge in [-0.25, -0.2) is 0 Å². The van der Waals surface area contributed by atoms with Crippen LogP contribution in [0.15, 0.2) is 67.0 Å². The Morgan fingerprint density at radius 3 is 2.45 bits per heavy atom. The zero-order chi connectivity index (χ0) is 22.3. The zero-order valence-corrected chi connectivity index (χ0v) is 18.7. The van der Waals surface area contributed by atoms with E-state index in [2.05, 4.69) is 4.98 Å². The van der Waals surface area contributed by atoms with Crippen molar-refractivity contribution >= 4 is 29.7 Å². The number of hydrogen-bond acceptors (Lipinski definition) is 4. The van der Waals surface area contributed by atoms with Crippen molar-refractivity contribution in [2.45, 2.75) is 39.4 Å². The molecule has 2 aromatic carbocycles. The molecule has 1 heterocycles. The Bertz CT molecular complexity index is 1060. The molecule has 160 valence electrons. The quantitative estimate of drug-likeness (QED) is 0.404. The summed E-state index contributed by atoms with van der Waals surface area (Å²) in [5.74, 6) is 0.372. The first kappa shape index (κ1) is 22.6. The molecule has 0 atom stereocenters. The molecule has 0 unspecified atom stereocenters. The largest absolute Gasteiger partial charge is 0.489 e. The first-order valence-corrected chi connectivity index (χ1v) is 10.5. The third kappa shape index (κ3) is 7.58. The minimum absolute atomic E-state index is 0.156. The molecule has 0 saturated carbocycles. The standard InChI is InChI=1S/C26H26ClNO3/c1-26(2,3)31-25(29)17-22-6-4-5-7-24(22)30-18-21-14-20(15-23(27)16-21)9-8-19-10-12-28-13-11-19/h4-16H,17-18H2,1-3H3. The SMILES string of the molecule is CC(C)(C)OC(=O)Cc1ccccc1OCc1cc(Cl)cc(C=Cc2ccncc2)c1. The summed E-state index contributed by atoms with van der Waals surface area (Å²) in [6, 6.07) is 17.2. The number of benzene rings is 2. The second-order valence-corrected chi connectivity index (χ2v) is 8.60. The van der Waals surface area contributed by atoms with Crippen molar-refractivity contribution in [2.75, 3.05) is 0 Å². The van der Waals surface area contributed by atoms with Gasteiger partial charge in [-0.15, -0.1) is 0 Å². The molecule has 0 saturated heterocycles. The van der Waals surface area contributed by atoms with Gasteiger partial charge in [0.15, 0.2) is 0 Å². The van der Waals surface area contributed by atoms with Crippen molar-refractivity contribution in [3.05, 3.63) is 94.3 Å². The van der Waals surface area contributed by atoms with Gasteiger partial charge in [0.2, 0.25) is 0 Å². The van der Waals surface area contributed by atoms with Crippen LogP contribution in [0.4, 0.5) is 0 Å². The summed E-state index contributed by atoms with van der Waals surface area (Å²) < 4.78 is 11.5. The van der Waals surface area contributed by atoms with Gasteiger partial charge in [-0.1, -0.05) is 42.0 Å². The van der Waals surface area contributed by atoms with Crippen LogP contribution >= 0.6 is 11.6 Å². The van der Waals surface area contributed by atoms with Crippen molar-refractivity contribution in [2.24, 2.45) is 0 Å². The maximum Gasteiger partial charge on any atom is 0.310 e. The monoisotopic (exact) mass is 435 g/mol. The van der Waals surface area contributed by atoms with Gasteiger partial charge < -0.3 is 9.47 Å². The summed E-state index contributed by atoms with van der Waals surface area (Å²) in [7, 11) is 0. The van der Waals surface area contributed by atoms with Gasteiger partial charge in [-0.2, -0.15) is 0 Å². The van der Waals surface area contributed by atoms with Crippen molar-refractivity contribution in [3.8, 4) is 5.75 Å². The van der Waals surface area contributed by atoms with Crippen LogP contribution in [0, 0.1) is 0 Å². The number of nitrogens with zero attached hydrogens (tertiary/aromatic N) is 1. The summed E-state index contributed by atoms with van der Waals surface area (Å²) in [4.78, 5) is 16.2. The van der Waals surface area contributed by atoms with Crippen LogP contribution in [0.5, 0.6) is 5.75 Å². The molecule has 0 amide bonds. The first-order chi connectivity index (χ1) is 14.8. The van der Waals surface area contributed by atoms with Crippen LogP contribution in [-0.2, 0) is 22.6 Å². The number of para-hydroxylation sites is 1. The number of rotatable bonds is 7. The van der Waals surface area contributed by atoms with E-state index in [1.807, 2.05) is 87.5 Å². The van der Waals surface area contributed by atoms with Crippen molar-refractivity contribution in [1.82, 2.24) is 4.98 Å². The molecule has 0 bridgehead atoms. The number of pyridine rings is 1. The number of carbonyl (C=O) groups excluding carboxylic acids is 1. The lowest BCUT2D eigenvalue weighted by Crippen LogP contribution is -2.25. The zero-order valence-electron chi connectivity index (χ0n) is 18.0. The summed E-state index contributed by atoms with van der Waals surface area (Å²) in [5, 5.41) is 0.637. The van der Waals surface area contributed by atoms with Crippen LogP contribution in [-0.4, -0.2) is 16.6 Å². The molecule has 0 radical (unpaired) electrons. The predicted molar refractivity (Wildman–Crippen MR) is 125 cm³/mol. The fourth-order valence-corrected chi connectivity index (χ4v) is 3.27. The molecule has 31 heavy (non-hydrogen) atoms. The molecule has 0 fully saturated rings. The van der Waals surface area contributed by atoms with E-state index in [9.17, 15) is 4.79 Å². The Hall–Kier alpha value is -3.11. The third-order valence-electron chi connectivity index (χ3n) is 4.28. The molecule has 4 nitrogen and oxygen atoms in total. The van der Waals surface area contributed by atoms with E-state index in [-0.39, 0.29) is 12.4 Å². The Balaban J connectivity index is 1.70. The van der Waals surface area contributed by atoms with Crippen LogP contribution in [0.3, 0.4) is 0 Å². The van der Waals surface area contributed by atoms with E-state index in [1.165, 1.54) is 0 Å². The van der Waals surface area contributed by atoms with E-state index in [0.29, 0.717) is 17.4 Å². The number of esters is 1. The van der Waals surface area contributed by atoms with Crippen LogP contribution in [0.2, 0.25) is 5.02 Å². The second kappa shape index (κ2) is 10.3. The van der Waals surface area contributed by atoms with Gasteiger partial charge in [-0.3, -0.25) is 9.78 Å². The highest BCUT2D eigenvalue weighted by Crippen LogP contribution is 2.23.